The third kappa shape index (κ3) is 5.01. The first-order valence-electron chi connectivity index (χ1n) is 3.83. The molecule has 0 radical (unpaired) electrons. The van der Waals surface area contributed by atoms with Gasteiger partial charge in [-0.25, -0.2) is 0 Å². The van der Waals surface area contributed by atoms with E-state index in [0.717, 1.165) is 12.7 Å². The second-order valence-electron chi connectivity index (χ2n) is 2.41. The number of carbonyl (C=O) groups is 1. The molecule has 0 fully saturated rings. The number of rotatable bonds is 6. The fraction of sp³-hybridized carbons (Fsp3) is 0.875. The molecular formula is C8H16OSe. The number of aldehydes is 1. The van der Waals surface area contributed by atoms with Crippen molar-refractivity contribution in [2.75, 3.05) is 0 Å². The second kappa shape index (κ2) is 7.30. The Balaban J connectivity index is 3.17. The van der Waals surface area contributed by atoms with Gasteiger partial charge in [0, 0.05) is 0 Å². The Hall–Kier alpha value is 0.189. The molecule has 0 N–H and O–H groups in total. The predicted molar refractivity (Wildman–Crippen MR) is 45.6 cm³/mol. The molecule has 0 amide bonds. The predicted octanol–water partition coefficient (Wildman–Crippen LogP) is 2.31. The first-order chi connectivity index (χ1) is 4.85. The molecule has 0 rings (SSSR count). The van der Waals surface area contributed by atoms with Crippen LogP contribution in [-0.2, 0) is 4.79 Å². The van der Waals surface area contributed by atoms with Crippen molar-refractivity contribution in [3.63, 3.8) is 0 Å². The van der Waals surface area contributed by atoms with E-state index in [1.54, 1.807) is 0 Å². The fourth-order valence-electron chi connectivity index (χ4n) is 0.837. The Morgan fingerprint density at radius 1 is 1.50 bits per heavy atom. The Bertz CT molecular complexity index is 83.3. The van der Waals surface area contributed by atoms with E-state index in [1.165, 1.54) is 19.3 Å². The molecule has 0 saturated carbocycles. The maximum atomic E-state index is 10.3. The summed E-state index contributed by atoms with van der Waals surface area (Å²) in [4.78, 5) is 10.7. The molecule has 0 aliphatic carbocycles. The van der Waals surface area contributed by atoms with Gasteiger partial charge in [0.15, 0.2) is 0 Å². The second-order valence-corrected chi connectivity index (χ2v) is 4.67. The summed E-state index contributed by atoms with van der Waals surface area (Å²) >= 11 is 0.523. The van der Waals surface area contributed by atoms with E-state index in [2.05, 4.69) is 12.7 Å². The van der Waals surface area contributed by atoms with Gasteiger partial charge in [0.25, 0.3) is 0 Å². The van der Waals surface area contributed by atoms with Crippen molar-refractivity contribution in [1.29, 1.82) is 0 Å². The summed E-state index contributed by atoms with van der Waals surface area (Å²) in [5.74, 6) is 2.14. The summed E-state index contributed by atoms with van der Waals surface area (Å²) in [6, 6.07) is 0. The Kier molecular flexibility index (Phi) is 7.44. The van der Waals surface area contributed by atoms with Crippen LogP contribution in [0.25, 0.3) is 0 Å². The molecule has 1 nitrogen and oxygen atoms in total. The van der Waals surface area contributed by atoms with Crippen LogP contribution in [0.3, 0.4) is 0 Å². The molecule has 0 aromatic rings. The van der Waals surface area contributed by atoms with Crippen LogP contribution in [0.2, 0.25) is 10.6 Å². The summed E-state index contributed by atoms with van der Waals surface area (Å²) in [6.07, 6.45) is 6.00. The fourth-order valence-corrected chi connectivity index (χ4v) is 1.91. The zero-order valence-electron chi connectivity index (χ0n) is 6.80. The zero-order chi connectivity index (χ0) is 7.82. The van der Waals surface area contributed by atoms with Gasteiger partial charge in [0.05, 0.1) is 0 Å². The van der Waals surface area contributed by atoms with E-state index in [-0.39, 0.29) is 0 Å². The molecule has 0 saturated heterocycles. The monoisotopic (exact) mass is 208 g/mol. The molecule has 10 heavy (non-hydrogen) atoms. The van der Waals surface area contributed by atoms with Gasteiger partial charge in [-0.05, 0) is 0 Å². The van der Waals surface area contributed by atoms with Crippen molar-refractivity contribution < 1.29 is 4.79 Å². The third-order valence-corrected chi connectivity index (χ3v) is 3.54. The molecule has 0 heterocycles. The van der Waals surface area contributed by atoms with Gasteiger partial charge in [-0.15, -0.1) is 0 Å². The van der Waals surface area contributed by atoms with E-state index >= 15 is 0 Å². The van der Waals surface area contributed by atoms with Gasteiger partial charge >= 0.3 is 69.3 Å². The maximum absolute atomic E-state index is 10.3. The van der Waals surface area contributed by atoms with Crippen molar-refractivity contribution in [1.82, 2.24) is 0 Å². The normalized spacial score (nSPS) is 13.0. The van der Waals surface area contributed by atoms with E-state index in [1.807, 2.05) is 0 Å². The molecular weight excluding hydrogens is 191 g/mol. The molecule has 2 heteroatoms. The summed E-state index contributed by atoms with van der Waals surface area (Å²) in [6.45, 7) is 2.19. The summed E-state index contributed by atoms with van der Waals surface area (Å²) in [5.41, 5.74) is 0. The van der Waals surface area contributed by atoms with Crippen LogP contribution in [0.4, 0.5) is 0 Å². The summed E-state index contributed by atoms with van der Waals surface area (Å²) in [5, 5.41) is 0. The van der Waals surface area contributed by atoms with Gasteiger partial charge < -0.3 is 0 Å². The average Bonchev–Trinajstić information content (AvgIpc) is 1.99. The molecule has 60 valence electrons. The number of carbonyl (C=O) groups excluding carboxylic acids is 1. The van der Waals surface area contributed by atoms with Crippen molar-refractivity contribution >= 4 is 21.2 Å². The topological polar surface area (TPSA) is 17.1 Å². The SMILES string of the molecule is CCCCCC(C=O)[Se]C. The molecule has 0 aliphatic rings. The third-order valence-electron chi connectivity index (χ3n) is 1.55. The minimum atomic E-state index is 0.388. The van der Waals surface area contributed by atoms with Crippen LogP contribution in [0.1, 0.15) is 32.6 Å². The molecule has 0 aromatic carbocycles. The van der Waals surface area contributed by atoms with Crippen molar-refractivity contribution in [2.45, 2.75) is 43.2 Å². The van der Waals surface area contributed by atoms with E-state index in [0.29, 0.717) is 19.8 Å². The van der Waals surface area contributed by atoms with Crippen LogP contribution in [0.5, 0.6) is 0 Å². The van der Waals surface area contributed by atoms with Gasteiger partial charge in [-0.1, -0.05) is 0 Å². The molecule has 1 atom stereocenters. The van der Waals surface area contributed by atoms with E-state index in [9.17, 15) is 4.79 Å². The average molecular weight is 207 g/mol. The Labute approximate surface area is 69.7 Å². The molecule has 0 bridgehead atoms. The Morgan fingerprint density at radius 3 is 2.60 bits per heavy atom. The van der Waals surface area contributed by atoms with Crippen LogP contribution < -0.4 is 0 Å². The molecule has 1 unspecified atom stereocenters. The zero-order valence-corrected chi connectivity index (χ0v) is 8.51. The van der Waals surface area contributed by atoms with Crippen molar-refractivity contribution in [2.24, 2.45) is 0 Å². The van der Waals surface area contributed by atoms with Crippen LogP contribution in [0.15, 0.2) is 0 Å². The summed E-state index contributed by atoms with van der Waals surface area (Å²) in [7, 11) is 0. The first kappa shape index (κ1) is 10.2. The quantitative estimate of drug-likeness (QED) is 0.371. The van der Waals surface area contributed by atoms with Crippen LogP contribution in [-0.4, -0.2) is 21.2 Å². The molecule has 0 spiro atoms. The molecule has 0 aromatic heterocycles. The van der Waals surface area contributed by atoms with Crippen LogP contribution >= 0.6 is 0 Å². The molecule has 0 aliphatic heterocycles. The first-order valence-corrected chi connectivity index (χ1v) is 6.53. The van der Waals surface area contributed by atoms with E-state index in [4.69, 9.17) is 0 Å². The Morgan fingerprint density at radius 2 is 2.20 bits per heavy atom. The van der Waals surface area contributed by atoms with Crippen molar-refractivity contribution in [3.8, 4) is 0 Å². The summed E-state index contributed by atoms with van der Waals surface area (Å²) < 4.78 is 0. The van der Waals surface area contributed by atoms with Crippen molar-refractivity contribution in [3.05, 3.63) is 0 Å². The number of hydrogen-bond donors (Lipinski definition) is 0. The number of hydrogen-bond acceptors (Lipinski definition) is 1. The minimum absolute atomic E-state index is 0.388. The van der Waals surface area contributed by atoms with Gasteiger partial charge in [0.1, 0.15) is 0 Å². The van der Waals surface area contributed by atoms with Crippen LogP contribution in [0, 0.1) is 0 Å². The van der Waals surface area contributed by atoms with E-state index < -0.39 is 0 Å². The van der Waals surface area contributed by atoms with Gasteiger partial charge in [-0.3, -0.25) is 0 Å². The number of unbranched alkanes of at least 4 members (excludes halogenated alkanes) is 2. The van der Waals surface area contributed by atoms with Gasteiger partial charge in [-0.2, -0.15) is 0 Å². The van der Waals surface area contributed by atoms with Gasteiger partial charge in [0.2, 0.25) is 0 Å². The standard InChI is InChI=1S/C8H16OSe/c1-3-4-5-6-8(7-9)10-2/h7-8H,3-6H2,1-2H3.